The van der Waals surface area contributed by atoms with Crippen molar-refractivity contribution >= 4 is 22.6 Å². The minimum atomic E-state index is -0.304. The first-order valence-electron chi connectivity index (χ1n) is 9.85. The zero-order valence-corrected chi connectivity index (χ0v) is 15.9. The molecular formula is C23H25N3O2. The first-order valence-corrected chi connectivity index (χ1v) is 9.85. The topological polar surface area (TPSA) is 79.2 Å². The molecule has 5 nitrogen and oxygen atoms in total. The summed E-state index contributed by atoms with van der Waals surface area (Å²) >= 11 is 0. The summed E-state index contributed by atoms with van der Waals surface area (Å²) in [5.41, 5.74) is 8.96. The number of H-pyrrole nitrogens is 1. The Balaban J connectivity index is 1.69. The lowest BCUT2D eigenvalue weighted by Crippen LogP contribution is -2.44. The van der Waals surface area contributed by atoms with Crippen molar-refractivity contribution in [1.29, 1.82) is 0 Å². The van der Waals surface area contributed by atoms with Gasteiger partial charge in [0, 0.05) is 23.4 Å². The molecule has 1 saturated heterocycles. The van der Waals surface area contributed by atoms with Gasteiger partial charge in [0.05, 0.1) is 17.8 Å². The largest absolute Gasteiger partial charge is 0.370 e. The highest BCUT2D eigenvalue weighted by atomic mass is 16.1. The van der Waals surface area contributed by atoms with E-state index >= 15 is 0 Å². The molecule has 4 rings (SSSR count). The van der Waals surface area contributed by atoms with Crippen molar-refractivity contribution in [1.82, 2.24) is 9.88 Å². The van der Waals surface area contributed by atoms with Gasteiger partial charge < -0.3 is 10.7 Å². The van der Waals surface area contributed by atoms with E-state index < -0.39 is 0 Å². The molecule has 0 bridgehead atoms. The van der Waals surface area contributed by atoms with Crippen LogP contribution in [0, 0.1) is 0 Å². The minimum Gasteiger partial charge on any atom is -0.370 e. The molecule has 1 atom stereocenters. The molecule has 1 amide bonds. The van der Waals surface area contributed by atoms with Gasteiger partial charge in [-0.15, -0.1) is 0 Å². The van der Waals surface area contributed by atoms with Crippen LogP contribution in [0.2, 0.25) is 0 Å². The van der Waals surface area contributed by atoms with Gasteiger partial charge in [-0.3, -0.25) is 14.5 Å². The van der Waals surface area contributed by atoms with Crippen LogP contribution in [0.3, 0.4) is 0 Å². The number of piperidine rings is 1. The molecule has 1 aliphatic rings. The SMILES string of the molecule is NC(=O)CC1CCCCN1CC(=O)c1c(-c2ccccc2)[nH]c2ccccc12. The Bertz CT molecular complexity index is 994. The number of aromatic amines is 1. The van der Waals surface area contributed by atoms with Crippen molar-refractivity contribution in [3.05, 3.63) is 60.2 Å². The van der Waals surface area contributed by atoms with Crippen LogP contribution in [-0.4, -0.2) is 40.7 Å². The summed E-state index contributed by atoms with van der Waals surface area (Å²) < 4.78 is 0. The molecule has 5 heteroatoms. The summed E-state index contributed by atoms with van der Waals surface area (Å²) in [6.07, 6.45) is 3.34. The number of hydrogen-bond acceptors (Lipinski definition) is 3. The number of nitrogens with two attached hydrogens (primary N) is 1. The number of carbonyl (C=O) groups is 2. The summed E-state index contributed by atoms with van der Waals surface area (Å²) in [4.78, 5) is 30.4. The van der Waals surface area contributed by atoms with Crippen LogP contribution >= 0.6 is 0 Å². The zero-order valence-electron chi connectivity index (χ0n) is 15.9. The second-order valence-electron chi connectivity index (χ2n) is 7.50. The number of ketones is 1. The number of hydrogen-bond donors (Lipinski definition) is 2. The van der Waals surface area contributed by atoms with E-state index in [9.17, 15) is 9.59 Å². The van der Waals surface area contributed by atoms with E-state index in [1.54, 1.807) is 0 Å². The number of benzene rings is 2. The molecule has 0 aliphatic carbocycles. The van der Waals surface area contributed by atoms with Crippen molar-refractivity contribution in [3.8, 4) is 11.3 Å². The second-order valence-corrected chi connectivity index (χ2v) is 7.50. The van der Waals surface area contributed by atoms with Crippen molar-refractivity contribution in [2.75, 3.05) is 13.1 Å². The number of likely N-dealkylation sites (tertiary alicyclic amines) is 1. The number of primary amides is 1. The van der Waals surface area contributed by atoms with E-state index in [2.05, 4.69) is 9.88 Å². The lowest BCUT2D eigenvalue weighted by atomic mass is 9.96. The van der Waals surface area contributed by atoms with Gasteiger partial charge in [-0.25, -0.2) is 0 Å². The average Bonchev–Trinajstić information content (AvgIpc) is 3.09. The van der Waals surface area contributed by atoms with E-state index in [1.165, 1.54) is 0 Å². The molecule has 2 aromatic carbocycles. The van der Waals surface area contributed by atoms with Crippen LogP contribution < -0.4 is 5.73 Å². The smallest absolute Gasteiger partial charge is 0.218 e. The number of aromatic nitrogens is 1. The Morgan fingerprint density at radius 3 is 2.57 bits per heavy atom. The van der Waals surface area contributed by atoms with Crippen molar-refractivity contribution in [3.63, 3.8) is 0 Å². The van der Waals surface area contributed by atoms with Gasteiger partial charge in [-0.05, 0) is 31.0 Å². The molecular weight excluding hydrogens is 350 g/mol. The fourth-order valence-electron chi connectivity index (χ4n) is 4.25. The number of Topliss-reactive ketones (excluding diaryl/α,β-unsaturated/α-hetero) is 1. The van der Waals surface area contributed by atoms with Crippen LogP contribution in [0.1, 0.15) is 36.0 Å². The van der Waals surface area contributed by atoms with E-state index in [-0.39, 0.29) is 17.7 Å². The summed E-state index contributed by atoms with van der Waals surface area (Å²) in [5.74, 6) is -0.228. The third-order valence-corrected chi connectivity index (χ3v) is 5.58. The molecule has 3 N–H and O–H groups in total. The molecule has 0 radical (unpaired) electrons. The Labute approximate surface area is 164 Å². The first-order chi connectivity index (χ1) is 13.6. The van der Waals surface area contributed by atoms with Crippen molar-refractivity contribution in [2.24, 2.45) is 5.73 Å². The number of nitrogens with zero attached hydrogens (tertiary/aromatic N) is 1. The quantitative estimate of drug-likeness (QED) is 0.644. The van der Waals surface area contributed by atoms with Gasteiger partial charge in [-0.2, -0.15) is 0 Å². The number of para-hydroxylation sites is 1. The van der Waals surface area contributed by atoms with E-state index in [1.807, 2.05) is 54.6 Å². The molecule has 2 heterocycles. The van der Waals surface area contributed by atoms with Crippen molar-refractivity contribution < 1.29 is 9.59 Å². The number of amides is 1. The van der Waals surface area contributed by atoms with Crippen LogP contribution in [-0.2, 0) is 4.79 Å². The number of carbonyl (C=O) groups excluding carboxylic acids is 2. The summed E-state index contributed by atoms with van der Waals surface area (Å²) in [6, 6.07) is 17.9. The fraction of sp³-hybridized carbons (Fsp3) is 0.304. The van der Waals surface area contributed by atoms with Gasteiger partial charge in [0.15, 0.2) is 5.78 Å². The van der Waals surface area contributed by atoms with Crippen molar-refractivity contribution in [2.45, 2.75) is 31.7 Å². The highest BCUT2D eigenvalue weighted by Crippen LogP contribution is 2.31. The monoisotopic (exact) mass is 375 g/mol. The molecule has 1 aliphatic heterocycles. The second kappa shape index (κ2) is 7.98. The van der Waals surface area contributed by atoms with Gasteiger partial charge in [0.2, 0.25) is 5.91 Å². The van der Waals surface area contributed by atoms with Crippen LogP contribution in [0.4, 0.5) is 0 Å². The molecule has 28 heavy (non-hydrogen) atoms. The lowest BCUT2D eigenvalue weighted by molar-refractivity contribution is -0.119. The lowest BCUT2D eigenvalue weighted by Gasteiger charge is -2.34. The minimum absolute atomic E-state index is 0.0561. The Kier molecular flexibility index (Phi) is 5.26. The normalized spacial score (nSPS) is 17.6. The maximum Gasteiger partial charge on any atom is 0.218 e. The van der Waals surface area contributed by atoms with Gasteiger partial charge in [-0.1, -0.05) is 55.0 Å². The first kappa shape index (κ1) is 18.4. The number of fused-ring (bicyclic) bond motifs is 1. The Morgan fingerprint density at radius 1 is 1.04 bits per heavy atom. The third-order valence-electron chi connectivity index (χ3n) is 5.58. The Morgan fingerprint density at radius 2 is 1.79 bits per heavy atom. The molecule has 1 unspecified atom stereocenters. The molecule has 1 aromatic heterocycles. The molecule has 3 aromatic rings. The predicted molar refractivity (Wildman–Crippen MR) is 111 cm³/mol. The Hall–Kier alpha value is -2.92. The van der Waals surface area contributed by atoms with E-state index in [4.69, 9.17) is 5.73 Å². The maximum absolute atomic E-state index is 13.4. The van der Waals surface area contributed by atoms with Gasteiger partial charge in [0.1, 0.15) is 0 Å². The van der Waals surface area contributed by atoms with Gasteiger partial charge >= 0.3 is 0 Å². The van der Waals surface area contributed by atoms with Crippen LogP contribution in [0.25, 0.3) is 22.2 Å². The van der Waals surface area contributed by atoms with E-state index in [0.29, 0.717) is 13.0 Å². The maximum atomic E-state index is 13.4. The highest BCUT2D eigenvalue weighted by molar-refractivity contribution is 6.14. The molecule has 0 spiro atoms. The van der Waals surface area contributed by atoms with Crippen LogP contribution in [0.5, 0.6) is 0 Å². The zero-order chi connectivity index (χ0) is 19.5. The number of rotatable bonds is 6. The van der Waals surface area contributed by atoms with E-state index in [0.717, 1.165) is 53.5 Å². The average molecular weight is 375 g/mol. The predicted octanol–water partition coefficient (Wildman–Crippen LogP) is 3.75. The molecule has 144 valence electrons. The highest BCUT2D eigenvalue weighted by Gasteiger charge is 2.28. The van der Waals surface area contributed by atoms with Gasteiger partial charge in [0.25, 0.3) is 0 Å². The fourth-order valence-corrected chi connectivity index (χ4v) is 4.25. The number of nitrogens with one attached hydrogen (secondary N) is 1. The molecule has 1 fully saturated rings. The summed E-state index contributed by atoms with van der Waals surface area (Å²) in [5, 5.41) is 0.940. The summed E-state index contributed by atoms with van der Waals surface area (Å²) in [6.45, 7) is 1.13. The van der Waals surface area contributed by atoms with Crippen LogP contribution in [0.15, 0.2) is 54.6 Å². The standard InChI is InChI=1S/C23H25N3O2/c24-21(28)14-17-10-6-7-13-26(17)15-20(27)22-18-11-4-5-12-19(18)25-23(22)16-8-2-1-3-9-16/h1-5,8-9,11-12,17,25H,6-7,10,13-15H2,(H2,24,28). The summed E-state index contributed by atoms with van der Waals surface area (Å²) in [7, 11) is 0. The third kappa shape index (κ3) is 3.71. The molecule has 0 saturated carbocycles.